The molecule has 0 heterocycles. The molecule has 0 saturated carbocycles. The number of rotatable bonds is 3. The first-order valence-corrected chi connectivity index (χ1v) is 8.63. The average Bonchev–Trinajstić information content (AvgIpc) is 2.60. The van der Waals surface area contributed by atoms with E-state index in [1.807, 2.05) is 0 Å². The molecule has 0 bridgehead atoms. The fourth-order valence-corrected chi connectivity index (χ4v) is 3.37. The van der Waals surface area contributed by atoms with E-state index >= 15 is 0 Å². The van der Waals surface area contributed by atoms with Gasteiger partial charge in [0.15, 0.2) is 5.78 Å². The van der Waals surface area contributed by atoms with Crippen molar-refractivity contribution in [2.75, 3.05) is 0 Å². The van der Waals surface area contributed by atoms with Crippen molar-refractivity contribution in [1.82, 2.24) is 10.9 Å². The van der Waals surface area contributed by atoms with E-state index in [0.717, 1.165) is 8.96 Å². The fourth-order valence-electron chi connectivity index (χ4n) is 1.71. The van der Waals surface area contributed by atoms with Crippen LogP contribution >= 0.6 is 47.8 Å². The Bertz CT molecular complexity index is 709. The van der Waals surface area contributed by atoms with Crippen molar-refractivity contribution in [3.8, 4) is 0 Å². The molecule has 1 aliphatic rings. The highest BCUT2D eigenvalue weighted by Gasteiger charge is 2.10. The first-order valence-electron chi connectivity index (χ1n) is 6.25. The van der Waals surface area contributed by atoms with Crippen LogP contribution in [-0.2, 0) is 4.79 Å². The Labute approximate surface area is 153 Å². The molecule has 0 saturated heterocycles. The molecule has 0 aliphatic heterocycles. The van der Waals surface area contributed by atoms with Gasteiger partial charge in [-0.2, -0.15) is 0 Å². The van der Waals surface area contributed by atoms with Gasteiger partial charge in [-0.15, -0.1) is 0 Å². The highest BCUT2D eigenvalue weighted by atomic mass is 79.9. The molecule has 0 unspecified atom stereocenters. The number of carbonyl (C=O) groups is 2. The molecule has 0 fully saturated rings. The molecule has 1 amide bonds. The van der Waals surface area contributed by atoms with Crippen molar-refractivity contribution in [3.05, 3.63) is 67.2 Å². The highest BCUT2D eigenvalue weighted by molar-refractivity contribution is 9.11. The Kier molecular flexibility index (Phi) is 6.16. The second-order valence-electron chi connectivity index (χ2n) is 4.38. The molecule has 2 N–H and O–H groups in total. The summed E-state index contributed by atoms with van der Waals surface area (Å²) in [6, 6.07) is 5.25. The number of benzene rings is 1. The largest absolute Gasteiger partial charge is 0.305 e. The number of hydrazine groups is 1. The number of hydrogen-bond acceptors (Lipinski definition) is 3. The fraction of sp³-hybridized carbons (Fsp3) is 0.0667. The van der Waals surface area contributed by atoms with Crippen LogP contribution in [0.15, 0.2) is 61.6 Å². The summed E-state index contributed by atoms with van der Waals surface area (Å²) in [7, 11) is 0. The van der Waals surface area contributed by atoms with Crippen molar-refractivity contribution in [2.45, 2.75) is 6.42 Å². The zero-order chi connectivity index (χ0) is 16.1. The molecule has 1 aromatic carbocycles. The monoisotopic (exact) mass is 488 g/mol. The van der Waals surface area contributed by atoms with Crippen LogP contribution in [0, 0.1) is 0 Å². The van der Waals surface area contributed by atoms with Gasteiger partial charge >= 0.3 is 0 Å². The average molecular weight is 491 g/mol. The standard InChI is InChI=1S/C15H11Br3N2O2/c16-10-2-1-3-14(21)9(6-10)8-19-20-15(22)12-5-4-11(17)7-13(12)18/h1,3-8,19H,2H2,(H,20,22)/b9-8+. The summed E-state index contributed by atoms with van der Waals surface area (Å²) >= 11 is 10.0. The molecule has 1 aromatic rings. The maximum atomic E-state index is 12.1. The van der Waals surface area contributed by atoms with Gasteiger partial charge in [-0.05, 0) is 57.2 Å². The molecule has 7 heteroatoms. The van der Waals surface area contributed by atoms with E-state index in [2.05, 4.69) is 58.6 Å². The van der Waals surface area contributed by atoms with Gasteiger partial charge in [0, 0.05) is 20.7 Å². The summed E-state index contributed by atoms with van der Waals surface area (Å²) in [6.07, 6.45) is 7.13. The molecule has 0 spiro atoms. The van der Waals surface area contributed by atoms with Crippen molar-refractivity contribution in [2.24, 2.45) is 0 Å². The Balaban J connectivity index is 2.05. The van der Waals surface area contributed by atoms with Crippen LogP contribution in [-0.4, -0.2) is 11.7 Å². The summed E-state index contributed by atoms with van der Waals surface area (Å²) in [5.41, 5.74) is 6.13. The first-order chi connectivity index (χ1) is 10.5. The van der Waals surface area contributed by atoms with E-state index in [1.54, 1.807) is 30.4 Å². The molecular weight excluding hydrogens is 480 g/mol. The van der Waals surface area contributed by atoms with Gasteiger partial charge in [-0.3, -0.25) is 15.0 Å². The van der Waals surface area contributed by atoms with Gasteiger partial charge in [-0.25, -0.2) is 0 Å². The molecule has 114 valence electrons. The second kappa shape index (κ2) is 7.89. The van der Waals surface area contributed by atoms with E-state index in [9.17, 15) is 9.59 Å². The quantitative estimate of drug-likeness (QED) is 0.494. The van der Waals surface area contributed by atoms with Gasteiger partial charge in [-0.1, -0.05) is 37.9 Å². The number of amides is 1. The van der Waals surface area contributed by atoms with E-state index in [0.29, 0.717) is 22.0 Å². The second-order valence-corrected chi connectivity index (χ2v) is 7.17. The van der Waals surface area contributed by atoms with Gasteiger partial charge in [0.2, 0.25) is 0 Å². The Morgan fingerprint density at radius 2 is 2.00 bits per heavy atom. The van der Waals surface area contributed by atoms with Crippen LogP contribution < -0.4 is 10.9 Å². The lowest BCUT2D eigenvalue weighted by atomic mass is 10.2. The highest BCUT2D eigenvalue weighted by Crippen LogP contribution is 2.22. The number of hydrogen-bond donors (Lipinski definition) is 2. The number of nitrogens with one attached hydrogen (secondary N) is 2. The Morgan fingerprint density at radius 1 is 1.23 bits per heavy atom. The van der Waals surface area contributed by atoms with Gasteiger partial charge < -0.3 is 5.43 Å². The predicted octanol–water partition coefficient (Wildman–Crippen LogP) is 4.14. The lowest BCUT2D eigenvalue weighted by Crippen LogP contribution is -2.34. The molecular formula is C15H11Br3N2O2. The van der Waals surface area contributed by atoms with Crippen LogP contribution in [0.4, 0.5) is 0 Å². The van der Waals surface area contributed by atoms with Crippen LogP contribution in [0.5, 0.6) is 0 Å². The summed E-state index contributed by atoms with van der Waals surface area (Å²) in [5.74, 6) is -0.433. The SMILES string of the molecule is O=C1C=CCC(Br)=C/C1=C\NNC(=O)c1ccc(Br)cc1Br. The Hall–Kier alpha value is -1.18. The van der Waals surface area contributed by atoms with Crippen molar-refractivity contribution in [1.29, 1.82) is 0 Å². The number of ketones is 1. The van der Waals surface area contributed by atoms with Gasteiger partial charge in [0.25, 0.3) is 5.91 Å². The number of allylic oxidation sites excluding steroid dienone is 5. The zero-order valence-corrected chi connectivity index (χ0v) is 16.0. The maximum absolute atomic E-state index is 12.1. The molecule has 0 radical (unpaired) electrons. The minimum Gasteiger partial charge on any atom is -0.305 e. The number of halogens is 3. The summed E-state index contributed by atoms with van der Waals surface area (Å²) in [4.78, 5) is 23.9. The lowest BCUT2D eigenvalue weighted by molar-refractivity contribution is -0.111. The minimum atomic E-state index is -0.309. The van der Waals surface area contributed by atoms with E-state index < -0.39 is 0 Å². The normalized spacial score (nSPS) is 16.2. The van der Waals surface area contributed by atoms with E-state index in [1.165, 1.54) is 12.3 Å². The van der Waals surface area contributed by atoms with Crippen molar-refractivity contribution < 1.29 is 9.59 Å². The smallest absolute Gasteiger partial charge is 0.270 e. The first kappa shape index (κ1) is 17.2. The van der Waals surface area contributed by atoms with Crippen molar-refractivity contribution in [3.63, 3.8) is 0 Å². The van der Waals surface area contributed by atoms with Crippen molar-refractivity contribution >= 4 is 59.5 Å². The summed E-state index contributed by atoms with van der Waals surface area (Å²) in [5, 5.41) is 0. The maximum Gasteiger partial charge on any atom is 0.270 e. The number of carbonyl (C=O) groups excluding carboxylic acids is 2. The van der Waals surface area contributed by atoms with Crippen LogP contribution in [0.25, 0.3) is 0 Å². The topological polar surface area (TPSA) is 58.2 Å². The van der Waals surface area contributed by atoms with Gasteiger partial charge in [0.1, 0.15) is 0 Å². The zero-order valence-electron chi connectivity index (χ0n) is 11.2. The van der Waals surface area contributed by atoms with Crippen LogP contribution in [0.2, 0.25) is 0 Å². The third-order valence-corrected chi connectivity index (χ3v) is 4.47. The van der Waals surface area contributed by atoms with E-state index in [4.69, 9.17) is 0 Å². The molecule has 0 aromatic heterocycles. The summed E-state index contributed by atoms with van der Waals surface area (Å²) in [6.45, 7) is 0. The Morgan fingerprint density at radius 3 is 2.73 bits per heavy atom. The molecule has 1 aliphatic carbocycles. The molecule has 0 atom stereocenters. The lowest BCUT2D eigenvalue weighted by Gasteiger charge is -2.07. The van der Waals surface area contributed by atoms with Crippen LogP contribution in [0.1, 0.15) is 16.8 Å². The summed E-state index contributed by atoms with van der Waals surface area (Å²) < 4.78 is 2.44. The third kappa shape index (κ3) is 4.66. The molecule has 2 rings (SSSR count). The molecule has 4 nitrogen and oxygen atoms in total. The van der Waals surface area contributed by atoms with E-state index in [-0.39, 0.29) is 11.7 Å². The molecule has 22 heavy (non-hydrogen) atoms. The third-order valence-electron chi connectivity index (χ3n) is 2.77. The van der Waals surface area contributed by atoms with Crippen LogP contribution in [0.3, 0.4) is 0 Å². The minimum absolute atomic E-state index is 0.124. The predicted molar refractivity (Wildman–Crippen MR) is 96.3 cm³/mol. The van der Waals surface area contributed by atoms with Gasteiger partial charge in [0.05, 0.1) is 5.56 Å².